The maximum atomic E-state index is 12.7. The van der Waals surface area contributed by atoms with Crippen LogP contribution in [0.2, 0.25) is 0 Å². The number of piperidine rings is 1. The zero-order valence-electron chi connectivity index (χ0n) is 12.4. The number of rotatable bonds is 4. The van der Waals surface area contributed by atoms with Crippen molar-refractivity contribution in [2.45, 2.75) is 58.9 Å². The highest BCUT2D eigenvalue weighted by atomic mass is 19.3. The van der Waals surface area contributed by atoms with Gasteiger partial charge in [0.25, 0.3) is 5.92 Å². The Morgan fingerprint density at radius 2 is 1.74 bits per heavy atom. The molecule has 1 rings (SSSR count). The van der Waals surface area contributed by atoms with Crippen molar-refractivity contribution in [1.82, 2.24) is 10.2 Å². The van der Waals surface area contributed by atoms with Gasteiger partial charge in [-0.25, -0.2) is 8.78 Å². The van der Waals surface area contributed by atoms with Gasteiger partial charge in [-0.3, -0.25) is 4.79 Å². The first-order valence-electron chi connectivity index (χ1n) is 6.96. The maximum absolute atomic E-state index is 12.7. The molecule has 19 heavy (non-hydrogen) atoms. The number of nitrogens with one attached hydrogen (secondary N) is 1. The highest BCUT2D eigenvalue weighted by molar-refractivity contribution is 5.76. The molecular formula is C14H26F2N2O. The van der Waals surface area contributed by atoms with Gasteiger partial charge in [0.05, 0.1) is 6.54 Å². The van der Waals surface area contributed by atoms with Gasteiger partial charge in [-0.2, -0.15) is 0 Å². The van der Waals surface area contributed by atoms with Crippen LogP contribution in [-0.2, 0) is 4.79 Å². The Morgan fingerprint density at radius 3 is 2.16 bits per heavy atom. The third-order valence-corrected chi connectivity index (χ3v) is 3.23. The summed E-state index contributed by atoms with van der Waals surface area (Å²) in [5.74, 6) is -2.49. The number of hydrogen-bond donors (Lipinski definition) is 1. The summed E-state index contributed by atoms with van der Waals surface area (Å²) < 4.78 is 25.5. The van der Waals surface area contributed by atoms with Gasteiger partial charge in [-0.15, -0.1) is 0 Å². The molecule has 3 nitrogen and oxygen atoms in total. The van der Waals surface area contributed by atoms with Crippen LogP contribution < -0.4 is 5.32 Å². The third kappa shape index (κ3) is 6.85. The standard InChI is InChI=1S/C14H26F2N2O/c1-13(2,3)9-12(19)18-7-5-11(6-8-18)17-10-14(4,15)16/h11,17H,5-10H2,1-4H3. The molecule has 1 heterocycles. The lowest BCUT2D eigenvalue weighted by molar-refractivity contribution is -0.134. The topological polar surface area (TPSA) is 32.3 Å². The molecule has 0 atom stereocenters. The van der Waals surface area contributed by atoms with E-state index in [1.54, 1.807) is 0 Å². The number of amides is 1. The summed E-state index contributed by atoms with van der Waals surface area (Å²) in [6.07, 6.45) is 2.05. The fourth-order valence-corrected chi connectivity index (χ4v) is 2.22. The summed E-state index contributed by atoms with van der Waals surface area (Å²) in [5, 5.41) is 2.88. The second kappa shape index (κ2) is 6.16. The molecule has 0 unspecified atom stereocenters. The maximum Gasteiger partial charge on any atom is 0.257 e. The number of likely N-dealkylation sites (tertiary alicyclic amines) is 1. The van der Waals surface area contributed by atoms with Crippen molar-refractivity contribution in [3.8, 4) is 0 Å². The highest BCUT2D eigenvalue weighted by Crippen LogP contribution is 2.22. The van der Waals surface area contributed by atoms with Gasteiger partial charge in [0, 0.05) is 32.5 Å². The summed E-state index contributed by atoms with van der Waals surface area (Å²) in [7, 11) is 0. The molecule has 0 aromatic heterocycles. The average molecular weight is 276 g/mol. The second-order valence-electron chi connectivity index (χ2n) is 6.84. The number of nitrogens with zero attached hydrogens (tertiary/aromatic N) is 1. The minimum absolute atomic E-state index is 0.00352. The first-order chi connectivity index (χ1) is 8.57. The van der Waals surface area contributed by atoms with Crippen molar-refractivity contribution in [1.29, 1.82) is 0 Å². The number of halogens is 2. The van der Waals surface area contributed by atoms with Gasteiger partial charge in [0.1, 0.15) is 0 Å². The summed E-state index contributed by atoms with van der Waals surface area (Å²) >= 11 is 0. The van der Waals surface area contributed by atoms with Crippen molar-refractivity contribution in [2.24, 2.45) is 5.41 Å². The van der Waals surface area contributed by atoms with Crippen LogP contribution in [0.25, 0.3) is 0 Å². The van der Waals surface area contributed by atoms with Crippen LogP contribution in [-0.4, -0.2) is 42.4 Å². The number of hydrogen-bond acceptors (Lipinski definition) is 2. The molecule has 1 saturated heterocycles. The Labute approximate surface area is 114 Å². The van der Waals surface area contributed by atoms with Crippen molar-refractivity contribution in [2.75, 3.05) is 19.6 Å². The van der Waals surface area contributed by atoms with Gasteiger partial charge in [-0.05, 0) is 18.3 Å². The van der Waals surface area contributed by atoms with E-state index in [0.717, 1.165) is 19.8 Å². The molecule has 1 amide bonds. The van der Waals surface area contributed by atoms with E-state index < -0.39 is 5.92 Å². The van der Waals surface area contributed by atoms with Crippen LogP contribution in [0.15, 0.2) is 0 Å². The Hall–Kier alpha value is -0.710. The zero-order chi connectivity index (χ0) is 14.7. The summed E-state index contributed by atoms with van der Waals surface area (Å²) in [5.41, 5.74) is -0.00352. The molecule has 0 spiro atoms. The Morgan fingerprint density at radius 1 is 1.21 bits per heavy atom. The molecule has 0 aromatic carbocycles. The molecule has 1 fully saturated rings. The quantitative estimate of drug-likeness (QED) is 0.856. The molecule has 0 aliphatic carbocycles. The van der Waals surface area contributed by atoms with Crippen LogP contribution in [0.1, 0.15) is 47.0 Å². The summed E-state index contributed by atoms with van der Waals surface area (Å²) in [6, 6.07) is 0.101. The lowest BCUT2D eigenvalue weighted by Crippen LogP contribution is -2.47. The van der Waals surface area contributed by atoms with Crippen LogP contribution in [0, 0.1) is 5.41 Å². The fraction of sp³-hybridized carbons (Fsp3) is 0.929. The van der Waals surface area contributed by atoms with Gasteiger partial charge in [0.2, 0.25) is 5.91 Å². The zero-order valence-corrected chi connectivity index (χ0v) is 12.4. The van der Waals surface area contributed by atoms with E-state index in [1.165, 1.54) is 0 Å². The molecule has 1 aliphatic rings. The smallest absolute Gasteiger partial charge is 0.257 e. The largest absolute Gasteiger partial charge is 0.343 e. The number of alkyl halides is 2. The predicted molar refractivity (Wildman–Crippen MR) is 72.3 cm³/mol. The van der Waals surface area contributed by atoms with Crippen LogP contribution in [0.3, 0.4) is 0 Å². The van der Waals surface area contributed by atoms with E-state index >= 15 is 0 Å². The highest BCUT2D eigenvalue weighted by Gasteiger charge is 2.27. The third-order valence-electron chi connectivity index (χ3n) is 3.23. The van der Waals surface area contributed by atoms with E-state index in [2.05, 4.69) is 5.32 Å². The first kappa shape index (κ1) is 16.3. The summed E-state index contributed by atoms with van der Waals surface area (Å²) in [6.45, 7) is 8.10. The first-order valence-corrected chi connectivity index (χ1v) is 6.96. The van der Waals surface area contributed by atoms with Gasteiger partial charge < -0.3 is 10.2 Å². The van der Waals surface area contributed by atoms with Crippen LogP contribution in [0.4, 0.5) is 8.78 Å². The monoisotopic (exact) mass is 276 g/mol. The summed E-state index contributed by atoms with van der Waals surface area (Å²) in [4.78, 5) is 13.9. The molecule has 0 aromatic rings. The molecule has 0 saturated carbocycles. The Balaban J connectivity index is 2.31. The minimum atomic E-state index is -2.67. The van der Waals surface area contributed by atoms with Crippen molar-refractivity contribution >= 4 is 5.91 Å². The lowest BCUT2D eigenvalue weighted by atomic mass is 9.91. The van der Waals surface area contributed by atoms with Gasteiger partial charge >= 0.3 is 0 Å². The van der Waals surface area contributed by atoms with Gasteiger partial charge in [0.15, 0.2) is 0 Å². The van der Waals surface area contributed by atoms with Crippen LogP contribution in [0.5, 0.6) is 0 Å². The van der Waals surface area contributed by atoms with Gasteiger partial charge in [-0.1, -0.05) is 20.8 Å². The Kier molecular flexibility index (Phi) is 5.30. The van der Waals surface area contributed by atoms with Crippen molar-refractivity contribution in [3.05, 3.63) is 0 Å². The molecule has 1 N–H and O–H groups in total. The van der Waals surface area contributed by atoms with Crippen molar-refractivity contribution < 1.29 is 13.6 Å². The Bertz CT molecular complexity index is 300. The van der Waals surface area contributed by atoms with E-state index in [9.17, 15) is 13.6 Å². The SMILES string of the molecule is CC(C)(C)CC(=O)N1CCC(NCC(C)(F)F)CC1. The molecule has 0 bridgehead atoms. The predicted octanol–water partition coefficient (Wildman–Crippen LogP) is 2.66. The molecule has 1 aliphatic heterocycles. The van der Waals surface area contributed by atoms with E-state index in [1.807, 2.05) is 25.7 Å². The van der Waals surface area contributed by atoms with E-state index in [0.29, 0.717) is 19.5 Å². The van der Waals surface area contributed by atoms with Crippen LogP contribution >= 0.6 is 0 Å². The number of carbonyl (C=O) groups excluding carboxylic acids is 1. The molecule has 0 radical (unpaired) electrons. The molecular weight excluding hydrogens is 250 g/mol. The molecule has 112 valence electrons. The average Bonchev–Trinajstić information content (AvgIpc) is 2.23. The fourth-order valence-electron chi connectivity index (χ4n) is 2.22. The normalized spacial score (nSPS) is 18.7. The number of carbonyl (C=O) groups is 1. The molecule has 5 heteroatoms. The van der Waals surface area contributed by atoms with E-state index in [-0.39, 0.29) is 23.9 Å². The second-order valence-corrected chi connectivity index (χ2v) is 6.84. The van der Waals surface area contributed by atoms with E-state index in [4.69, 9.17) is 0 Å². The lowest BCUT2D eigenvalue weighted by Gasteiger charge is -2.34. The van der Waals surface area contributed by atoms with Crippen molar-refractivity contribution in [3.63, 3.8) is 0 Å². The minimum Gasteiger partial charge on any atom is -0.343 e.